The first-order chi connectivity index (χ1) is 9.13. The molecule has 0 spiro atoms. The van der Waals surface area contributed by atoms with Crippen molar-refractivity contribution < 1.29 is 14.7 Å². The number of benzene rings is 1. The molecule has 1 aromatic carbocycles. The molecule has 0 aliphatic carbocycles. The SMILES string of the molecule is CC(=O)NCC(=O)Nc1ccccc1C#CCCO. The number of carbonyl (C=O) groups excluding carboxylic acids is 2. The molecular formula is C14H16N2O3. The van der Waals surface area contributed by atoms with Crippen molar-refractivity contribution in [2.24, 2.45) is 0 Å². The molecule has 5 heteroatoms. The molecule has 0 aliphatic rings. The Labute approximate surface area is 112 Å². The number of carbonyl (C=O) groups is 2. The molecule has 19 heavy (non-hydrogen) atoms. The highest BCUT2D eigenvalue weighted by Gasteiger charge is 2.05. The van der Waals surface area contributed by atoms with Gasteiger partial charge in [0.25, 0.3) is 0 Å². The van der Waals surface area contributed by atoms with E-state index in [1.165, 1.54) is 6.92 Å². The van der Waals surface area contributed by atoms with Gasteiger partial charge in [-0.3, -0.25) is 9.59 Å². The Morgan fingerprint density at radius 2 is 2.05 bits per heavy atom. The molecule has 0 aliphatic heterocycles. The number of hydrogen-bond donors (Lipinski definition) is 3. The van der Waals surface area contributed by atoms with Crippen LogP contribution in [0.15, 0.2) is 24.3 Å². The van der Waals surface area contributed by atoms with Gasteiger partial charge in [-0.25, -0.2) is 0 Å². The zero-order chi connectivity index (χ0) is 14.1. The third kappa shape index (κ3) is 5.70. The van der Waals surface area contributed by atoms with E-state index in [9.17, 15) is 9.59 Å². The second-order valence-corrected chi connectivity index (χ2v) is 3.78. The maximum absolute atomic E-state index is 11.6. The number of aliphatic hydroxyl groups is 1. The van der Waals surface area contributed by atoms with E-state index in [1.54, 1.807) is 18.2 Å². The molecule has 0 fully saturated rings. The van der Waals surface area contributed by atoms with Crippen LogP contribution in [0.25, 0.3) is 0 Å². The molecular weight excluding hydrogens is 244 g/mol. The fourth-order valence-electron chi connectivity index (χ4n) is 1.31. The molecule has 0 bridgehead atoms. The van der Waals surface area contributed by atoms with Gasteiger partial charge in [-0.2, -0.15) is 0 Å². The van der Waals surface area contributed by atoms with Gasteiger partial charge >= 0.3 is 0 Å². The van der Waals surface area contributed by atoms with Crippen molar-refractivity contribution in [2.75, 3.05) is 18.5 Å². The maximum Gasteiger partial charge on any atom is 0.243 e. The van der Waals surface area contributed by atoms with Gasteiger partial charge in [0.1, 0.15) is 0 Å². The van der Waals surface area contributed by atoms with Crippen molar-refractivity contribution in [3.63, 3.8) is 0 Å². The van der Waals surface area contributed by atoms with Crippen LogP contribution >= 0.6 is 0 Å². The maximum atomic E-state index is 11.6. The first kappa shape index (κ1) is 14.7. The fraction of sp³-hybridized carbons (Fsp3) is 0.286. The Morgan fingerprint density at radius 1 is 1.32 bits per heavy atom. The van der Waals surface area contributed by atoms with Gasteiger partial charge in [-0.05, 0) is 12.1 Å². The molecule has 0 saturated heterocycles. The summed E-state index contributed by atoms with van der Waals surface area (Å²) in [7, 11) is 0. The largest absolute Gasteiger partial charge is 0.395 e. The molecule has 0 radical (unpaired) electrons. The van der Waals surface area contributed by atoms with E-state index in [0.717, 1.165) is 0 Å². The average molecular weight is 260 g/mol. The Bertz CT molecular complexity index is 515. The number of para-hydroxylation sites is 1. The van der Waals surface area contributed by atoms with Crippen molar-refractivity contribution in [1.82, 2.24) is 5.32 Å². The lowest BCUT2D eigenvalue weighted by atomic mass is 10.1. The summed E-state index contributed by atoms with van der Waals surface area (Å²) >= 11 is 0. The zero-order valence-corrected chi connectivity index (χ0v) is 10.7. The molecule has 0 unspecified atom stereocenters. The van der Waals surface area contributed by atoms with Crippen molar-refractivity contribution in [2.45, 2.75) is 13.3 Å². The number of amides is 2. The summed E-state index contributed by atoms with van der Waals surface area (Å²) in [4.78, 5) is 22.3. The summed E-state index contributed by atoms with van der Waals surface area (Å²) < 4.78 is 0. The van der Waals surface area contributed by atoms with Gasteiger partial charge in [0.05, 0.1) is 18.8 Å². The van der Waals surface area contributed by atoms with Crippen LogP contribution in [0.5, 0.6) is 0 Å². The smallest absolute Gasteiger partial charge is 0.243 e. The minimum atomic E-state index is -0.313. The van der Waals surface area contributed by atoms with Crippen LogP contribution in [0.2, 0.25) is 0 Å². The lowest BCUT2D eigenvalue weighted by molar-refractivity contribution is -0.122. The average Bonchev–Trinajstić information content (AvgIpc) is 2.39. The molecule has 100 valence electrons. The van der Waals surface area contributed by atoms with E-state index in [4.69, 9.17) is 5.11 Å². The topological polar surface area (TPSA) is 78.4 Å². The minimum absolute atomic E-state index is 0.00403. The molecule has 3 N–H and O–H groups in total. The van der Waals surface area contributed by atoms with Crippen molar-refractivity contribution in [3.8, 4) is 11.8 Å². The minimum Gasteiger partial charge on any atom is -0.395 e. The predicted molar refractivity (Wildman–Crippen MR) is 72.3 cm³/mol. The summed E-state index contributed by atoms with van der Waals surface area (Å²) in [5.74, 6) is 5.10. The van der Waals surface area contributed by atoms with Crippen LogP contribution in [0.4, 0.5) is 5.69 Å². The normalized spacial score (nSPS) is 9.16. The van der Waals surface area contributed by atoms with Gasteiger partial charge in [0.2, 0.25) is 11.8 Å². The van der Waals surface area contributed by atoms with Crippen LogP contribution in [-0.4, -0.2) is 30.1 Å². The standard InChI is InChI=1S/C14H16N2O3/c1-11(18)15-10-14(19)16-13-8-3-2-6-12(13)7-4-5-9-17/h2-3,6,8,17H,5,9-10H2,1H3,(H,15,18)(H,16,19). The van der Waals surface area contributed by atoms with Gasteiger partial charge in [-0.15, -0.1) is 0 Å². The number of nitrogens with one attached hydrogen (secondary N) is 2. The Morgan fingerprint density at radius 3 is 2.74 bits per heavy atom. The van der Waals surface area contributed by atoms with E-state index in [1.807, 2.05) is 6.07 Å². The number of aliphatic hydroxyl groups excluding tert-OH is 1. The number of rotatable bonds is 4. The molecule has 0 atom stereocenters. The second-order valence-electron chi connectivity index (χ2n) is 3.78. The Kier molecular flexibility index (Phi) is 6.13. The third-order valence-corrected chi connectivity index (χ3v) is 2.16. The summed E-state index contributed by atoms with van der Waals surface area (Å²) in [5.41, 5.74) is 1.26. The van der Waals surface area contributed by atoms with E-state index in [0.29, 0.717) is 17.7 Å². The number of anilines is 1. The lowest BCUT2D eigenvalue weighted by Crippen LogP contribution is -2.31. The first-order valence-corrected chi connectivity index (χ1v) is 5.86. The van der Waals surface area contributed by atoms with Crippen LogP contribution in [-0.2, 0) is 9.59 Å². The quantitative estimate of drug-likeness (QED) is 0.690. The molecule has 0 saturated carbocycles. The number of hydrogen-bond acceptors (Lipinski definition) is 3. The molecule has 0 heterocycles. The zero-order valence-electron chi connectivity index (χ0n) is 10.7. The van der Waals surface area contributed by atoms with Crippen molar-refractivity contribution >= 4 is 17.5 Å². The molecule has 2 amide bonds. The van der Waals surface area contributed by atoms with Crippen LogP contribution < -0.4 is 10.6 Å². The lowest BCUT2D eigenvalue weighted by Gasteiger charge is -2.07. The predicted octanol–water partition coefficient (Wildman–Crippen LogP) is 0.495. The first-order valence-electron chi connectivity index (χ1n) is 5.86. The van der Waals surface area contributed by atoms with Crippen LogP contribution in [0.1, 0.15) is 18.9 Å². The van der Waals surface area contributed by atoms with Gasteiger partial charge in [0.15, 0.2) is 0 Å². The van der Waals surface area contributed by atoms with E-state index in [-0.39, 0.29) is 25.0 Å². The van der Waals surface area contributed by atoms with Gasteiger partial charge < -0.3 is 15.7 Å². The van der Waals surface area contributed by atoms with Gasteiger partial charge in [0, 0.05) is 18.9 Å². The summed E-state index contributed by atoms with van der Waals surface area (Å²) in [6.07, 6.45) is 0.383. The molecule has 1 rings (SSSR count). The van der Waals surface area contributed by atoms with Crippen molar-refractivity contribution in [1.29, 1.82) is 0 Å². The summed E-state index contributed by atoms with van der Waals surface area (Å²) in [5, 5.41) is 13.8. The molecule has 0 aromatic heterocycles. The van der Waals surface area contributed by atoms with E-state index in [2.05, 4.69) is 22.5 Å². The Hall–Kier alpha value is -2.32. The fourth-order valence-corrected chi connectivity index (χ4v) is 1.31. The Balaban J connectivity index is 2.70. The van der Waals surface area contributed by atoms with E-state index >= 15 is 0 Å². The summed E-state index contributed by atoms with van der Waals surface area (Å²) in [6.45, 7) is 1.28. The molecule has 5 nitrogen and oxygen atoms in total. The molecule has 1 aromatic rings. The van der Waals surface area contributed by atoms with Crippen LogP contribution in [0, 0.1) is 11.8 Å². The summed E-state index contributed by atoms with van der Waals surface area (Å²) in [6, 6.07) is 7.10. The third-order valence-electron chi connectivity index (χ3n) is 2.16. The van der Waals surface area contributed by atoms with Crippen LogP contribution in [0.3, 0.4) is 0 Å². The monoisotopic (exact) mass is 260 g/mol. The highest BCUT2D eigenvalue weighted by molar-refractivity contribution is 5.95. The highest BCUT2D eigenvalue weighted by atomic mass is 16.2. The van der Waals surface area contributed by atoms with Gasteiger partial charge in [-0.1, -0.05) is 24.0 Å². The highest BCUT2D eigenvalue weighted by Crippen LogP contribution is 2.13. The van der Waals surface area contributed by atoms with E-state index < -0.39 is 0 Å². The van der Waals surface area contributed by atoms with Crippen molar-refractivity contribution in [3.05, 3.63) is 29.8 Å². The second kappa shape index (κ2) is 7.90.